The molecule has 3 unspecified atom stereocenters. The van der Waals surface area contributed by atoms with Gasteiger partial charge in [0, 0.05) is 26.2 Å². The minimum atomic E-state index is -0.859. The van der Waals surface area contributed by atoms with Crippen molar-refractivity contribution < 1.29 is 19.2 Å². The zero-order valence-electron chi connectivity index (χ0n) is 16.5. The molecule has 0 radical (unpaired) electrons. The van der Waals surface area contributed by atoms with E-state index in [9.17, 15) is 19.2 Å². The Labute approximate surface area is 165 Å². The van der Waals surface area contributed by atoms with Crippen molar-refractivity contribution >= 4 is 23.8 Å². The van der Waals surface area contributed by atoms with Crippen molar-refractivity contribution in [3.8, 4) is 0 Å². The maximum Gasteiger partial charge on any atom is 0.325 e. The van der Waals surface area contributed by atoms with Crippen LogP contribution in [-0.2, 0) is 14.4 Å². The molecule has 0 aromatic carbocycles. The van der Waals surface area contributed by atoms with Crippen molar-refractivity contribution in [1.29, 1.82) is 0 Å². The molecule has 2 saturated heterocycles. The number of hydrogen-bond donors (Lipinski definition) is 3. The number of nitrogens with two attached hydrogens (primary N) is 1. The van der Waals surface area contributed by atoms with Gasteiger partial charge in [-0.25, -0.2) is 4.79 Å². The third kappa shape index (κ3) is 3.85. The molecule has 0 aromatic rings. The number of rotatable bonds is 5. The number of nitrogens with one attached hydrogen (secondary N) is 2. The first kappa shape index (κ1) is 20.6. The lowest BCUT2D eigenvalue weighted by atomic mass is 9.73. The third-order valence-electron chi connectivity index (χ3n) is 6.38. The van der Waals surface area contributed by atoms with Crippen LogP contribution in [0.1, 0.15) is 45.4 Å². The van der Waals surface area contributed by atoms with Gasteiger partial charge in [-0.1, -0.05) is 19.8 Å². The third-order valence-corrected chi connectivity index (χ3v) is 6.38. The summed E-state index contributed by atoms with van der Waals surface area (Å²) in [4.78, 5) is 53.1. The Bertz CT molecular complexity index is 654. The summed E-state index contributed by atoms with van der Waals surface area (Å²) in [6.07, 6.45) is 4.88. The van der Waals surface area contributed by atoms with Gasteiger partial charge >= 0.3 is 6.03 Å². The van der Waals surface area contributed by atoms with Gasteiger partial charge in [0.25, 0.3) is 5.91 Å². The van der Waals surface area contributed by atoms with Crippen LogP contribution in [0.5, 0.6) is 0 Å². The van der Waals surface area contributed by atoms with Crippen LogP contribution in [0.3, 0.4) is 0 Å². The number of likely N-dealkylation sites (tertiary alicyclic amines) is 1. The van der Waals surface area contributed by atoms with Gasteiger partial charge in [-0.05, 0) is 31.6 Å². The number of carbonyl (C=O) groups is 4. The lowest BCUT2D eigenvalue weighted by Gasteiger charge is -2.37. The van der Waals surface area contributed by atoms with Crippen LogP contribution < -0.4 is 16.4 Å². The summed E-state index contributed by atoms with van der Waals surface area (Å²) in [5.74, 6) is -0.902. The first-order chi connectivity index (χ1) is 13.4. The van der Waals surface area contributed by atoms with Gasteiger partial charge in [0.2, 0.25) is 11.8 Å². The van der Waals surface area contributed by atoms with Crippen molar-refractivity contribution in [2.24, 2.45) is 17.6 Å². The van der Waals surface area contributed by atoms with E-state index in [0.717, 1.165) is 24.2 Å². The summed E-state index contributed by atoms with van der Waals surface area (Å²) in [7, 11) is 0. The van der Waals surface area contributed by atoms with E-state index in [-0.39, 0.29) is 36.1 Å². The van der Waals surface area contributed by atoms with Crippen molar-refractivity contribution in [1.82, 2.24) is 20.4 Å². The van der Waals surface area contributed by atoms with Gasteiger partial charge in [-0.2, -0.15) is 0 Å². The van der Waals surface area contributed by atoms with Crippen LogP contribution in [0.2, 0.25) is 0 Å². The van der Waals surface area contributed by atoms with Crippen molar-refractivity contribution in [3.63, 3.8) is 0 Å². The molecule has 0 aromatic heterocycles. The van der Waals surface area contributed by atoms with Gasteiger partial charge in [0.05, 0.1) is 5.92 Å². The molecule has 5 amide bonds. The number of carbonyl (C=O) groups excluding carboxylic acids is 4. The van der Waals surface area contributed by atoms with Crippen LogP contribution in [0, 0.1) is 11.8 Å². The number of imide groups is 1. The zero-order valence-corrected chi connectivity index (χ0v) is 16.5. The Morgan fingerprint density at radius 3 is 2.75 bits per heavy atom. The van der Waals surface area contributed by atoms with E-state index in [1.807, 2.05) is 6.92 Å². The van der Waals surface area contributed by atoms with Gasteiger partial charge in [0.15, 0.2) is 0 Å². The van der Waals surface area contributed by atoms with Crippen LogP contribution in [0.25, 0.3) is 0 Å². The predicted octanol–water partition coefficient (Wildman–Crippen LogP) is -0.199. The molecule has 3 aliphatic rings. The molecule has 1 spiro atoms. The van der Waals surface area contributed by atoms with Crippen LogP contribution in [0.4, 0.5) is 4.79 Å². The fourth-order valence-corrected chi connectivity index (χ4v) is 4.63. The summed E-state index contributed by atoms with van der Waals surface area (Å²) in [6, 6.07) is -0.485. The van der Waals surface area contributed by atoms with Crippen LogP contribution in [-0.4, -0.2) is 71.8 Å². The Morgan fingerprint density at radius 2 is 2.04 bits per heavy atom. The molecule has 9 nitrogen and oxygen atoms in total. The summed E-state index contributed by atoms with van der Waals surface area (Å²) in [5.41, 5.74) is 4.55. The van der Waals surface area contributed by atoms with Gasteiger partial charge in [0.1, 0.15) is 12.1 Å². The van der Waals surface area contributed by atoms with E-state index in [1.165, 1.54) is 0 Å². The van der Waals surface area contributed by atoms with E-state index >= 15 is 0 Å². The molecule has 28 heavy (non-hydrogen) atoms. The van der Waals surface area contributed by atoms with E-state index in [0.29, 0.717) is 45.4 Å². The molecular weight excluding hydrogens is 362 g/mol. The minimum Gasteiger partial charge on any atom is -0.355 e. The lowest BCUT2D eigenvalue weighted by Crippen LogP contribution is -2.54. The number of urea groups is 1. The number of amides is 5. The second-order valence-electron chi connectivity index (χ2n) is 8.20. The Hall–Kier alpha value is -2.16. The number of piperidine rings is 1. The largest absolute Gasteiger partial charge is 0.355 e. The van der Waals surface area contributed by atoms with Crippen LogP contribution in [0.15, 0.2) is 0 Å². The zero-order chi connectivity index (χ0) is 20.3. The predicted molar refractivity (Wildman–Crippen MR) is 102 cm³/mol. The molecule has 3 rings (SSSR count). The number of hydrogen-bond acceptors (Lipinski definition) is 5. The normalized spacial score (nSPS) is 30.5. The Kier molecular flexibility index (Phi) is 6.22. The van der Waals surface area contributed by atoms with Gasteiger partial charge in [-0.15, -0.1) is 0 Å². The minimum absolute atomic E-state index is 0.0587. The second-order valence-corrected chi connectivity index (χ2v) is 8.20. The van der Waals surface area contributed by atoms with E-state index in [1.54, 1.807) is 4.90 Å². The second kappa shape index (κ2) is 8.46. The van der Waals surface area contributed by atoms with E-state index < -0.39 is 11.6 Å². The van der Waals surface area contributed by atoms with Gasteiger partial charge in [-0.3, -0.25) is 19.3 Å². The molecule has 2 aliphatic heterocycles. The monoisotopic (exact) mass is 393 g/mol. The first-order valence-corrected chi connectivity index (χ1v) is 10.3. The molecule has 3 atom stereocenters. The quantitative estimate of drug-likeness (QED) is 0.558. The van der Waals surface area contributed by atoms with Gasteiger partial charge < -0.3 is 21.3 Å². The molecule has 2 heterocycles. The topological polar surface area (TPSA) is 125 Å². The highest BCUT2D eigenvalue weighted by Gasteiger charge is 2.55. The Morgan fingerprint density at radius 1 is 1.25 bits per heavy atom. The maximum atomic E-state index is 13.0. The average Bonchev–Trinajstić information content (AvgIpc) is 2.93. The fraction of sp³-hybridized carbons (Fsp3) is 0.789. The smallest absolute Gasteiger partial charge is 0.325 e. The van der Waals surface area contributed by atoms with E-state index in [2.05, 4.69) is 10.6 Å². The summed E-state index contributed by atoms with van der Waals surface area (Å²) >= 11 is 0. The maximum absolute atomic E-state index is 13.0. The highest BCUT2D eigenvalue weighted by Crippen LogP contribution is 2.38. The molecule has 0 bridgehead atoms. The molecular formula is C19H31N5O4. The lowest BCUT2D eigenvalue weighted by molar-refractivity contribution is -0.142. The summed E-state index contributed by atoms with van der Waals surface area (Å²) in [6.45, 7) is 3.33. The average molecular weight is 393 g/mol. The summed E-state index contributed by atoms with van der Waals surface area (Å²) in [5, 5.41) is 5.63. The molecule has 9 heteroatoms. The number of nitrogens with zero attached hydrogens (tertiary/aromatic N) is 2. The summed E-state index contributed by atoms with van der Waals surface area (Å²) < 4.78 is 0. The van der Waals surface area contributed by atoms with Crippen molar-refractivity contribution in [3.05, 3.63) is 0 Å². The van der Waals surface area contributed by atoms with Crippen LogP contribution >= 0.6 is 0 Å². The standard InChI is InChI=1S/C19H31N5O4/c1-13-5-2-3-7-19(13)17(27)24(18(28)22-19)12-15(25)23-10-4-6-14(11-23)16(26)21-9-8-20/h13-14H,2-12,20H2,1H3,(H,21,26)(H,22,28). The molecule has 156 valence electrons. The molecule has 4 N–H and O–H groups in total. The fourth-order valence-electron chi connectivity index (χ4n) is 4.63. The first-order valence-electron chi connectivity index (χ1n) is 10.3. The van der Waals surface area contributed by atoms with Crippen molar-refractivity contribution in [2.45, 2.75) is 51.0 Å². The Balaban J connectivity index is 1.62. The van der Waals surface area contributed by atoms with Crippen molar-refractivity contribution in [2.75, 3.05) is 32.7 Å². The highest BCUT2D eigenvalue weighted by atomic mass is 16.2. The van der Waals surface area contributed by atoms with E-state index in [4.69, 9.17) is 5.73 Å². The highest BCUT2D eigenvalue weighted by molar-refractivity contribution is 6.09. The molecule has 1 aliphatic carbocycles. The molecule has 3 fully saturated rings. The SMILES string of the molecule is CC1CCCCC12NC(=O)N(CC(=O)N1CCCC(C(=O)NCCN)C1)C2=O. The molecule has 1 saturated carbocycles.